The number of hydrogen-bond donors (Lipinski definition) is 1. The van der Waals surface area contributed by atoms with Gasteiger partial charge in [-0.05, 0) is 53.9 Å². The van der Waals surface area contributed by atoms with Crippen LogP contribution in [0.2, 0.25) is 0 Å². The third-order valence-electron chi connectivity index (χ3n) is 6.56. The molecule has 1 unspecified atom stereocenters. The zero-order chi connectivity index (χ0) is 20.8. The van der Waals surface area contributed by atoms with Crippen LogP contribution >= 0.6 is 0 Å². The van der Waals surface area contributed by atoms with Crippen LogP contribution in [-0.2, 0) is 4.79 Å². The highest BCUT2D eigenvalue weighted by Crippen LogP contribution is 2.38. The molecular weight excluding hydrogens is 358 g/mol. The molecule has 1 amide bonds. The fourth-order valence-electron chi connectivity index (χ4n) is 4.79. The summed E-state index contributed by atoms with van der Waals surface area (Å²) < 4.78 is 5.31. The van der Waals surface area contributed by atoms with E-state index in [0.717, 1.165) is 18.6 Å². The highest BCUT2D eigenvalue weighted by Gasteiger charge is 2.35. The Labute approximate surface area is 175 Å². The molecular formula is C26H35NO2. The summed E-state index contributed by atoms with van der Waals surface area (Å²) >= 11 is 0. The summed E-state index contributed by atoms with van der Waals surface area (Å²) in [6, 6.07) is 18.6. The number of carbonyl (C=O) groups is 1. The van der Waals surface area contributed by atoms with E-state index in [1.807, 2.05) is 18.2 Å². The van der Waals surface area contributed by atoms with Crippen molar-refractivity contribution in [3.63, 3.8) is 0 Å². The van der Waals surface area contributed by atoms with Crippen LogP contribution in [0, 0.1) is 23.7 Å². The smallest absolute Gasteiger partial charge is 0.223 e. The number of ether oxygens (including phenoxy) is 1. The number of benzene rings is 2. The van der Waals surface area contributed by atoms with Gasteiger partial charge in [-0.3, -0.25) is 4.79 Å². The highest BCUT2D eigenvalue weighted by molar-refractivity contribution is 5.79. The van der Waals surface area contributed by atoms with Crippen molar-refractivity contribution in [3.05, 3.63) is 65.7 Å². The molecule has 0 saturated heterocycles. The Morgan fingerprint density at radius 1 is 1.03 bits per heavy atom. The van der Waals surface area contributed by atoms with Crippen molar-refractivity contribution in [1.29, 1.82) is 0 Å². The standard InChI is InChI=1S/C26H35NO2/c1-18(2)23-15-10-19(3)16-24(23)26(28)27-17-25(20-8-6-5-7-9-20)21-11-13-22(29-4)14-12-21/h5-9,11-14,18-19,23-25H,10,15-17H2,1-4H3,(H,27,28)/t19-,23+,24-,25?/m1/s1. The Morgan fingerprint density at radius 2 is 1.69 bits per heavy atom. The molecule has 1 aliphatic carbocycles. The first-order valence-corrected chi connectivity index (χ1v) is 11.0. The van der Waals surface area contributed by atoms with Crippen LogP contribution < -0.4 is 10.1 Å². The van der Waals surface area contributed by atoms with E-state index in [2.05, 4.69) is 62.5 Å². The first-order chi connectivity index (χ1) is 14.0. The van der Waals surface area contributed by atoms with Gasteiger partial charge in [-0.1, -0.05) is 69.7 Å². The van der Waals surface area contributed by atoms with Crippen molar-refractivity contribution in [1.82, 2.24) is 5.32 Å². The quantitative estimate of drug-likeness (QED) is 0.660. The Morgan fingerprint density at radius 3 is 2.31 bits per heavy atom. The van der Waals surface area contributed by atoms with Crippen molar-refractivity contribution in [2.24, 2.45) is 23.7 Å². The molecule has 0 heterocycles. The molecule has 0 aromatic heterocycles. The summed E-state index contributed by atoms with van der Waals surface area (Å²) in [6.45, 7) is 7.40. The summed E-state index contributed by atoms with van der Waals surface area (Å²) in [5, 5.41) is 3.31. The second kappa shape index (κ2) is 9.96. The van der Waals surface area contributed by atoms with Gasteiger partial charge in [0, 0.05) is 18.4 Å². The monoisotopic (exact) mass is 393 g/mol. The topological polar surface area (TPSA) is 38.3 Å². The average Bonchev–Trinajstić information content (AvgIpc) is 2.74. The van der Waals surface area contributed by atoms with Crippen LogP contribution in [0.4, 0.5) is 0 Å². The van der Waals surface area contributed by atoms with Gasteiger partial charge in [-0.2, -0.15) is 0 Å². The zero-order valence-electron chi connectivity index (χ0n) is 18.2. The van der Waals surface area contributed by atoms with Gasteiger partial charge >= 0.3 is 0 Å². The molecule has 2 aromatic carbocycles. The van der Waals surface area contributed by atoms with E-state index in [1.165, 1.54) is 17.5 Å². The van der Waals surface area contributed by atoms with Crippen molar-refractivity contribution in [2.75, 3.05) is 13.7 Å². The molecule has 1 fully saturated rings. The Bertz CT molecular complexity index is 769. The number of rotatable bonds is 7. The minimum absolute atomic E-state index is 0.129. The number of hydrogen-bond acceptors (Lipinski definition) is 2. The molecule has 3 nitrogen and oxygen atoms in total. The lowest BCUT2D eigenvalue weighted by atomic mass is 9.69. The first-order valence-electron chi connectivity index (χ1n) is 11.0. The van der Waals surface area contributed by atoms with Gasteiger partial charge < -0.3 is 10.1 Å². The van der Waals surface area contributed by atoms with E-state index in [1.54, 1.807) is 7.11 Å². The van der Waals surface area contributed by atoms with Crippen LogP contribution in [0.25, 0.3) is 0 Å². The second-order valence-electron chi connectivity index (χ2n) is 8.91. The molecule has 3 heteroatoms. The molecule has 1 aliphatic rings. The van der Waals surface area contributed by atoms with Crippen LogP contribution in [0.3, 0.4) is 0 Å². The van der Waals surface area contributed by atoms with Gasteiger partial charge in [-0.25, -0.2) is 0 Å². The minimum atomic E-state index is 0.129. The Kier molecular flexibility index (Phi) is 7.35. The van der Waals surface area contributed by atoms with Crippen LogP contribution in [-0.4, -0.2) is 19.6 Å². The molecule has 1 saturated carbocycles. The van der Waals surface area contributed by atoms with Crippen molar-refractivity contribution in [2.45, 2.75) is 46.0 Å². The number of nitrogens with one attached hydrogen (secondary N) is 1. The van der Waals surface area contributed by atoms with Gasteiger partial charge in [0.05, 0.1) is 7.11 Å². The van der Waals surface area contributed by atoms with Crippen LogP contribution in [0.15, 0.2) is 54.6 Å². The lowest BCUT2D eigenvalue weighted by molar-refractivity contribution is -0.129. The fraction of sp³-hybridized carbons (Fsp3) is 0.500. The molecule has 0 spiro atoms. The zero-order valence-corrected chi connectivity index (χ0v) is 18.2. The lowest BCUT2D eigenvalue weighted by Gasteiger charge is -2.36. The van der Waals surface area contributed by atoms with Crippen molar-refractivity contribution >= 4 is 5.91 Å². The van der Waals surface area contributed by atoms with Gasteiger partial charge in [-0.15, -0.1) is 0 Å². The maximum Gasteiger partial charge on any atom is 0.223 e. The van der Waals surface area contributed by atoms with E-state index in [-0.39, 0.29) is 17.7 Å². The number of amides is 1. The Balaban J connectivity index is 1.76. The number of methoxy groups -OCH3 is 1. The van der Waals surface area contributed by atoms with Crippen molar-refractivity contribution < 1.29 is 9.53 Å². The van der Waals surface area contributed by atoms with E-state index in [0.29, 0.717) is 24.3 Å². The van der Waals surface area contributed by atoms with E-state index in [9.17, 15) is 4.79 Å². The normalized spacial score (nSPS) is 22.9. The fourth-order valence-corrected chi connectivity index (χ4v) is 4.79. The molecule has 2 aromatic rings. The summed E-state index contributed by atoms with van der Waals surface area (Å²) in [4.78, 5) is 13.2. The summed E-state index contributed by atoms with van der Waals surface area (Å²) in [7, 11) is 1.68. The first kappa shape index (κ1) is 21.4. The molecule has 3 rings (SSSR count). The lowest BCUT2D eigenvalue weighted by Crippen LogP contribution is -2.41. The summed E-state index contributed by atoms with van der Waals surface area (Å²) in [5.74, 6) is 3.00. The third kappa shape index (κ3) is 5.41. The summed E-state index contributed by atoms with van der Waals surface area (Å²) in [6.07, 6.45) is 3.41. The van der Waals surface area contributed by atoms with Gasteiger partial charge in [0.2, 0.25) is 5.91 Å². The molecule has 1 N–H and O–H groups in total. The van der Waals surface area contributed by atoms with E-state index < -0.39 is 0 Å². The highest BCUT2D eigenvalue weighted by atomic mass is 16.5. The van der Waals surface area contributed by atoms with Gasteiger partial charge in [0.25, 0.3) is 0 Å². The van der Waals surface area contributed by atoms with Gasteiger partial charge in [0.15, 0.2) is 0 Å². The molecule has 0 bridgehead atoms. The predicted octanol–water partition coefficient (Wildman–Crippen LogP) is 5.65. The van der Waals surface area contributed by atoms with E-state index >= 15 is 0 Å². The predicted molar refractivity (Wildman–Crippen MR) is 119 cm³/mol. The van der Waals surface area contributed by atoms with Crippen LogP contribution in [0.5, 0.6) is 5.75 Å². The second-order valence-corrected chi connectivity index (χ2v) is 8.91. The van der Waals surface area contributed by atoms with E-state index in [4.69, 9.17) is 4.74 Å². The van der Waals surface area contributed by atoms with Crippen molar-refractivity contribution in [3.8, 4) is 5.75 Å². The molecule has 156 valence electrons. The summed E-state index contributed by atoms with van der Waals surface area (Å²) in [5.41, 5.74) is 2.41. The Hall–Kier alpha value is -2.29. The maximum absolute atomic E-state index is 13.2. The minimum Gasteiger partial charge on any atom is -0.497 e. The molecule has 29 heavy (non-hydrogen) atoms. The largest absolute Gasteiger partial charge is 0.497 e. The number of carbonyl (C=O) groups excluding carboxylic acids is 1. The third-order valence-corrected chi connectivity index (χ3v) is 6.56. The van der Waals surface area contributed by atoms with Crippen LogP contribution in [0.1, 0.15) is 57.1 Å². The maximum atomic E-state index is 13.2. The molecule has 0 aliphatic heterocycles. The molecule has 4 atom stereocenters. The van der Waals surface area contributed by atoms with Gasteiger partial charge in [0.1, 0.15) is 5.75 Å². The SMILES string of the molecule is COc1ccc(C(CNC(=O)[C@@H]2C[C@H](C)CC[C@H]2C(C)C)c2ccccc2)cc1. The molecule has 0 radical (unpaired) electrons. The average molecular weight is 394 g/mol.